The normalized spacial score (nSPS) is 36.7. The van der Waals surface area contributed by atoms with E-state index in [4.69, 9.17) is 52.1 Å². The molecule has 0 radical (unpaired) electrons. The van der Waals surface area contributed by atoms with Gasteiger partial charge in [0.2, 0.25) is 5.91 Å². The summed E-state index contributed by atoms with van der Waals surface area (Å²) in [5.74, 6) is -6.57. The second-order valence-electron chi connectivity index (χ2n) is 21.2. The number of amides is 2. The molecule has 7 rings (SSSR count). The Kier molecular flexibility index (Phi) is 17.1. The molecule has 75 heavy (non-hydrogen) atoms. The summed E-state index contributed by atoms with van der Waals surface area (Å²) in [7, 11) is 0. The van der Waals surface area contributed by atoms with E-state index in [0.29, 0.717) is 50.5 Å². The number of esters is 7. The second kappa shape index (κ2) is 22.7. The quantitative estimate of drug-likeness (QED) is 0.0834. The predicted octanol–water partition coefficient (Wildman–Crippen LogP) is 3.57. The molecule has 23 nitrogen and oxygen atoms in total. The number of nitrogens with zero attached hydrogens (tertiary/aromatic N) is 1. The fraction of sp³-hybridized carbons (Fsp3) is 0.692. The van der Waals surface area contributed by atoms with Gasteiger partial charge in [0.15, 0.2) is 49.2 Å². The zero-order chi connectivity index (χ0) is 54.8. The predicted molar refractivity (Wildman–Crippen MR) is 253 cm³/mol. The summed E-state index contributed by atoms with van der Waals surface area (Å²) in [5, 5.41) is 0. The number of pyridine rings is 1. The van der Waals surface area contributed by atoms with Crippen LogP contribution in [0.3, 0.4) is 0 Å². The molecule has 4 aliphatic carbocycles. The number of hydrazine groups is 1. The van der Waals surface area contributed by atoms with Gasteiger partial charge in [0.25, 0.3) is 5.91 Å². The van der Waals surface area contributed by atoms with Crippen LogP contribution in [0.15, 0.2) is 36.7 Å². The van der Waals surface area contributed by atoms with Crippen LogP contribution in [0.25, 0.3) is 0 Å². The van der Waals surface area contributed by atoms with E-state index in [1.807, 2.05) is 6.92 Å². The fourth-order valence-corrected chi connectivity index (χ4v) is 13.4. The molecule has 412 valence electrons. The number of hydrogen-bond acceptors (Lipinski definition) is 21. The Morgan fingerprint density at radius 3 is 1.67 bits per heavy atom. The molecule has 16 atom stereocenters. The van der Waals surface area contributed by atoms with Crippen molar-refractivity contribution in [2.24, 2.45) is 28.1 Å². The first-order chi connectivity index (χ1) is 35.3. The number of rotatable bonds is 15. The van der Waals surface area contributed by atoms with E-state index in [9.17, 15) is 43.2 Å². The minimum atomic E-state index is -1.85. The van der Waals surface area contributed by atoms with Gasteiger partial charge in [-0.2, -0.15) is 0 Å². The van der Waals surface area contributed by atoms with Crippen molar-refractivity contribution >= 4 is 53.6 Å². The molecule has 2 aliphatic heterocycles. The molecule has 6 aliphatic rings. The average molecular weight is 1060 g/mol. The van der Waals surface area contributed by atoms with Crippen molar-refractivity contribution in [1.29, 1.82) is 0 Å². The summed E-state index contributed by atoms with van der Waals surface area (Å²) in [4.78, 5) is 120. The Balaban J connectivity index is 1.24. The van der Waals surface area contributed by atoms with Crippen molar-refractivity contribution in [3.05, 3.63) is 42.2 Å². The molecule has 1 aromatic heterocycles. The maximum absolute atomic E-state index is 14.2. The van der Waals surface area contributed by atoms with Gasteiger partial charge in [-0.1, -0.05) is 26.8 Å². The van der Waals surface area contributed by atoms with E-state index in [2.05, 4.69) is 29.3 Å². The van der Waals surface area contributed by atoms with E-state index in [0.717, 1.165) is 66.9 Å². The topological polar surface area (TPSA) is 292 Å². The summed E-state index contributed by atoms with van der Waals surface area (Å²) in [6, 6.07) is 3.11. The molecule has 0 unspecified atom stereocenters. The molecule has 1 aromatic rings. The Labute approximate surface area is 434 Å². The molecule has 4 saturated carbocycles. The zero-order valence-electron chi connectivity index (χ0n) is 43.8. The molecule has 23 heteroatoms. The summed E-state index contributed by atoms with van der Waals surface area (Å²) in [6.07, 6.45) is -7.49. The molecule has 2 bridgehead atoms. The first kappa shape index (κ1) is 56.7. The van der Waals surface area contributed by atoms with E-state index in [1.165, 1.54) is 12.4 Å². The highest BCUT2D eigenvalue weighted by Crippen LogP contribution is 2.73. The number of carbonyl (C=O) groups excluding carboxylic acids is 9. The van der Waals surface area contributed by atoms with Crippen molar-refractivity contribution in [2.75, 3.05) is 13.2 Å². The molecule has 1 spiro atoms. The van der Waals surface area contributed by atoms with E-state index in [1.54, 1.807) is 12.1 Å². The van der Waals surface area contributed by atoms with Crippen LogP contribution in [0, 0.1) is 28.1 Å². The third-order valence-corrected chi connectivity index (χ3v) is 16.1. The molecule has 2 N–H and O–H groups in total. The lowest BCUT2D eigenvalue weighted by Crippen LogP contribution is -2.68. The maximum Gasteiger partial charge on any atom is 0.303 e. The van der Waals surface area contributed by atoms with Crippen molar-refractivity contribution in [3.63, 3.8) is 0 Å². The summed E-state index contributed by atoms with van der Waals surface area (Å²) in [6.45, 7) is 15.4. The van der Waals surface area contributed by atoms with Crippen LogP contribution in [0.5, 0.6) is 0 Å². The van der Waals surface area contributed by atoms with Crippen LogP contribution in [0.2, 0.25) is 0 Å². The number of carbonyl (C=O) groups is 9. The molecular weight excluding hydrogens is 987 g/mol. The standard InChI is InChI=1S/C52H69N3O20/c1-26-22-51-18-12-37-49(9,16-11-17-50(37,10)48(64)55-54-45(63)34-14-20-53-21-15-34)38(51)13-19-52(26,25-51)75-47-44(42(70-32(7)61)40(68-30(5)59)36(73-47)24-66-28(3)57)74-46-43(71-33(8)62)41(69-31(6)60)39(67-29(4)58)35(72-46)23-65-27(2)56/h14-15,20-21,35-44,46-47H,1,11-13,16-19,22-25H2,2-10H3,(H,54,63)(H,55,64)/t35-,36-,37+,38+,39-,40-,41+,42+,43-,44-,46+,47+,49-,50-,51-,52+/m1/s1. The highest BCUT2D eigenvalue weighted by Gasteiger charge is 2.69. The summed E-state index contributed by atoms with van der Waals surface area (Å²) in [5.41, 5.74) is 3.74. The zero-order valence-corrected chi connectivity index (χ0v) is 43.8. The minimum Gasteiger partial charge on any atom is -0.463 e. The van der Waals surface area contributed by atoms with Gasteiger partial charge in [-0.15, -0.1) is 0 Å². The van der Waals surface area contributed by atoms with Gasteiger partial charge in [0.05, 0.1) is 11.0 Å². The minimum absolute atomic E-state index is 0.0553. The van der Waals surface area contributed by atoms with Gasteiger partial charge in [0, 0.05) is 66.4 Å². The lowest BCUT2D eigenvalue weighted by molar-refractivity contribution is -0.379. The maximum atomic E-state index is 14.2. The monoisotopic (exact) mass is 1060 g/mol. The Morgan fingerprint density at radius 1 is 0.613 bits per heavy atom. The van der Waals surface area contributed by atoms with Gasteiger partial charge in [-0.05, 0) is 91.7 Å². The van der Waals surface area contributed by atoms with Crippen LogP contribution < -0.4 is 10.9 Å². The third kappa shape index (κ3) is 12.0. The van der Waals surface area contributed by atoms with Gasteiger partial charge in [-0.3, -0.25) is 59.0 Å². The molecule has 3 heterocycles. The van der Waals surface area contributed by atoms with E-state index < -0.39 is 133 Å². The highest BCUT2D eigenvalue weighted by atomic mass is 16.8. The van der Waals surface area contributed by atoms with Crippen molar-refractivity contribution in [3.8, 4) is 0 Å². The number of fused-ring (bicyclic) bond motifs is 3. The first-order valence-corrected chi connectivity index (χ1v) is 25.3. The number of ether oxygens (including phenoxy) is 11. The van der Waals surface area contributed by atoms with Crippen LogP contribution >= 0.6 is 0 Å². The largest absolute Gasteiger partial charge is 0.463 e. The lowest BCUT2D eigenvalue weighted by atomic mass is 9.40. The molecule has 2 saturated heterocycles. The van der Waals surface area contributed by atoms with Crippen LogP contribution in [-0.4, -0.2) is 139 Å². The smallest absolute Gasteiger partial charge is 0.303 e. The Bertz CT molecular complexity index is 2400. The molecule has 0 aromatic carbocycles. The first-order valence-electron chi connectivity index (χ1n) is 25.3. The molecular formula is C52H69N3O20. The number of hydrogen-bond donors (Lipinski definition) is 2. The highest BCUT2D eigenvalue weighted by molar-refractivity contribution is 5.95. The Hall–Kier alpha value is -6.04. The van der Waals surface area contributed by atoms with E-state index >= 15 is 0 Å². The molecule has 6 fully saturated rings. The van der Waals surface area contributed by atoms with Gasteiger partial charge in [-0.25, -0.2) is 0 Å². The number of nitrogens with one attached hydrogen (secondary N) is 2. The molecule has 2 amide bonds. The van der Waals surface area contributed by atoms with Crippen LogP contribution in [0.1, 0.15) is 130 Å². The van der Waals surface area contributed by atoms with Crippen molar-refractivity contribution in [1.82, 2.24) is 15.8 Å². The van der Waals surface area contributed by atoms with Crippen molar-refractivity contribution in [2.45, 2.75) is 187 Å². The van der Waals surface area contributed by atoms with Crippen LogP contribution in [0.4, 0.5) is 0 Å². The van der Waals surface area contributed by atoms with Crippen LogP contribution in [-0.2, 0) is 90.5 Å². The average Bonchev–Trinajstić information content (AvgIpc) is 3.52. The van der Waals surface area contributed by atoms with E-state index in [-0.39, 0.29) is 28.6 Å². The summed E-state index contributed by atoms with van der Waals surface area (Å²) >= 11 is 0. The van der Waals surface area contributed by atoms with Crippen molar-refractivity contribution < 1.29 is 95.3 Å². The summed E-state index contributed by atoms with van der Waals surface area (Å²) < 4.78 is 66.3. The third-order valence-electron chi connectivity index (χ3n) is 16.1. The lowest BCUT2D eigenvalue weighted by Gasteiger charge is -2.64. The number of aromatic nitrogens is 1. The van der Waals surface area contributed by atoms with Gasteiger partial charge in [0.1, 0.15) is 25.4 Å². The van der Waals surface area contributed by atoms with Gasteiger partial charge < -0.3 is 52.1 Å². The Morgan fingerprint density at radius 2 is 1.12 bits per heavy atom. The fourth-order valence-electron chi connectivity index (χ4n) is 13.4. The van der Waals surface area contributed by atoms with Gasteiger partial charge >= 0.3 is 41.8 Å². The SMILES string of the molecule is C=C1C[C@@]23CC[C@H]4[C@@](C)(CCC[C@@]4(C)C(=O)NNC(=O)c4ccncc4)[C@@H]2CC[C@]1(O[C@@H]1O[C@H](COC(C)=O)[C@@H](OC(C)=O)[C@H](OC(C)=O)[C@H]1O[C@@H]1O[C@H](COC(C)=O)[C@@H](OC(C)=O)[C@H](OC(C)=O)[C@H]1OC(C)=O)C3. The second-order valence-corrected chi connectivity index (χ2v) is 21.2.